The Morgan fingerprint density at radius 1 is 1.00 bits per heavy atom. The molecule has 152 valence electrons. The lowest BCUT2D eigenvalue weighted by molar-refractivity contribution is -0.131. The predicted octanol–water partition coefficient (Wildman–Crippen LogP) is 2.23. The van der Waals surface area contributed by atoms with Gasteiger partial charge in [-0.2, -0.15) is 0 Å². The summed E-state index contributed by atoms with van der Waals surface area (Å²) in [4.78, 5) is 28.3. The maximum atomic E-state index is 13.7. The number of ether oxygens (including phenoxy) is 1. The topological polar surface area (TPSA) is 61.9 Å². The Balaban J connectivity index is 1.21. The van der Waals surface area contributed by atoms with E-state index in [1.165, 1.54) is 6.07 Å². The van der Waals surface area contributed by atoms with Crippen molar-refractivity contribution in [2.24, 2.45) is 0 Å². The molecule has 0 bridgehead atoms. The van der Waals surface area contributed by atoms with E-state index in [2.05, 4.69) is 5.32 Å². The van der Waals surface area contributed by atoms with Gasteiger partial charge in [-0.1, -0.05) is 36.4 Å². The fourth-order valence-electron chi connectivity index (χ4n) is 3.76. The molecule has 6 nitrogen and oxygen atoms in total. The summed E-state index contributed by atoms with van der Waals surface area (Å²) in [5, 5.41) is 2.93. The van der Waals surface area contributed by atoms with Crippen LogP contribution in [0.15, 0.2) is 48.5 Å². The predicted molar refractivity (Wildman–Crippen MR) is 106 cm³/mol. The number of benzene rings is 2. The SMILES string of the molecule is O=C(Cc1ccccc1F)N1CCN(C(=O)NCC2Cc3ccccc3O2)CC1. The average Bonchev–Trinajstić information content (AvgIpc) is 3.17. The van der Waals surface area contributed by atoms with Crippen molar-refractivity contribution >= 4 is 11.9 Å². The first-order valence-corrected chi connectivity index (χ1v) is 9.88. The molecule has 0 radical (unpaired) electrons. The number of amides is 3. The lowest BCUT2D eigenvalue weighted by atomic mass is 10.1. The summed E-state index contributed by atoms with van der Waals surface area (Å²) >= 11 is 0. The van der Waals surface area contributed by atoms with Gasteiger partial charge < -0.3 is 19.9 Å². The third-order valence-electron chi connectivity index (χ3n) is 5.41. The average molecular weight is 397 g/mol. The van der Waals surface area contributed by atoms with Gasteiger partial charge in [0.2, 0.25) is 5.91 Å². The number of halogens is 1. The van der Waals surface area contributed by atoms with Gasteiger partial charge in [0.15, 0.2) is 0 Å². The lowest BCUT2D eigenvalue weighted by Crippen LogP contribution is -2.54. The Morgan fingerprint density at radius 2 is 1.69 bits per heavy atom. The van der Waals surface area contributed by atoms with Crippen LogP contribution in [0.2, 0.25) is 0 Å². The highest BCUT2D eigenvalue weighted by molar-refractivity contribution is 5.79. The van der Waals surface area contributed by atoms with Crippen LogP contribution in [0.25, 0.3) is 0 Å². The molecule has 0 saturated carbocycles. The van der Waals surface area contributed by atoms with Gasteiger partial charge in [-0.15, -0.1) is 0 Å². The quantitative estimate of drug-likeness (QED) is 0.861. The molecule has 2 aromatic rings. The summed E-state index contributed by atoms with van der Waals surface area (Å²) in [6.07, 6.45) is 0.771. The number of hydrogen-bond donors (Lipinski definition) is 1. The normalized spacial score (nSPS) is 18.2. The van der Waals surface area contributed by atoms with Crippen LogP contribution in [-0.2, 0) is 17.6 Å². The molecule has 2 aliphatic heterocycles. The molecule has 0 aromatic heterocycles. The molecule has 1 atom stereocenters. The van der Waals surface area contributed by atoms with Crippen molar-refractivity contribution in [2.75, 3.05) is 32.7 Å². The molecule has 1 fully saturated rings. The molecule has 2 aromatic carbocycles. The maximum absolute atomic E-state index is 13.7. The van der Waals surface area contributed by atoms with Crippen LogP contribution in [0.4, 0.5) is 9.18 Å². The molecule has 1 N–H and O–H groups in total. The number of piperazine rings is 1. The Morgan fingerprint density at radius 3 is 2.45 bits per heavy atom. The molecule has 0 aliphatic carbocycles. The highest BCUT2D eigenvalue weighted by Gasteiger charge is 2.27. The molecule has 7 heteroatoms. The monoisotopic (exact) mass is 397 g/mol. The Hall–Kier alpha value is -3.09. The molecule has 3 amide bonds. The van der Waals surface area contributed by atoms with Gasteiger partial charge in [-0.25, -0.2) is 9.18 Å². The fourth-order valence-corrected chi connectivity index (χ4v) is 3.76. The Kier molecular flexibility index (Phi) is 5.64. The van der Waals surface area contributed by atoms with Gasteiger partial charge in [-0.3, -0.25) is 4.79 Å². The first kappa shape index (κ1) is 19.2. The van der Waals surface area contributed by atoms with Gasteiger partial charge >= 0.3 is 6.03 Å². The van der Waals surface area contributed by atoms with E-state index in [-0.39, 0.29) is 30.3 Å². The molecular weight excluding hydrogens is 373 g/mol. The van der Waals surface area contributed by atoms with E-state index in [0.29, 0.717) is 38.3 Å². The smallest absolute Gasteiger partial charge is 0.317 e. The minimum Gasteiger partial charge on any atom is -0.488 e. The van der Waals surface area contributed by atoms with Crippen LogP contribution in [-0.4, -0.2) is 60.6 Å². The third-order valence-corrected chi connectivity index (χ3v) is 5.41. The number of fused-ring (bicyclic) bond motifs is 1. The van der Waals surface area contributed by atoms with E-state index in [0.717, 1.165) is 17.7 Å². The number of para-hydroxylation sites is 1. The minimum atomic E-state index is -0.366. The second-order valence-electron chi connectivity index (χ2n) is 7.37. The van der Waals surface area contributed by atoms with Gasteiger partial charge in [-0.05, 0) is 23.3 Å². The standard InChI is InChI=1S/C22H24FN3O3/c23-19-7-3-1-5-16(19)14-21(27)25-9-11-26(12-10-25)22(28)24-15-18-13-17-6-2-4-8-20(17)29-18/h1-8,18H,9-15H2,(H,24,28). The summed E-state index contributed by atoms with van der Waals surface area (Å²) < 4.78 is 19.6. The third kappa shape index (κ3) is 4.50. The molecule has 29 heavy (non-hydrogen) atoms. The second kappa shape index (κ2) is 8.51. The molecule has 4 rings (SSSR count). The van der Waals surface area contributed by atoms with E-state index in [1.807, 2.05) is 24.3 Å². The number of hydrogen-bond acceptors (Lipinski definition) is 3. The van der Waals surface area contributed by atoms with Gasteiger partial charge in [0, 0.05) is 32.6 Å². The molecule has 2 heterocycles. The summed E-state index contributed by atoms with van der Waals surface area (Å²) in [5.41, 5.74) is 1.56. The summed E-state index contributed by atoms with van der Waals surface area (Å²) in [6.45, 7) is 2.26. The van der Waals surface area contributed by atoms with Crippen LogP contribution in [0.1, 0.15) is 11.1 Å². The van der Waals surface area contributed by atoms with Crippen molar-refractivity contribution in [3.05, 3.63) is 65.5 Å². The van der Waals surface area contributed by atoms with Crippen molar-refractivity contribution in [2.45, 2.75) is 18.9 Å². The van der Waals surface area contributed by atoms with Gasteiger partial charge in [0.25, 0.3) is 0 Å². The zero-order valence-electron chi connectivity index (χ0n) is 16.1. The number of nitrogens with zero attached hydrogens (tertiary/aromatic N) is 2. The van der Waals surface area contributed by atoms with Crippen LogP contribution in [0, 0.1) is 5.82 Å². The highest BCUT2D eigenvalue weighted by Crippen LogP contribution is 2.27. The van der Waals surface area contributed by atoms with Crippen LogP contribution >= 0.6 is 0 Å². The van der Waals surface area contributed by atoms with E-state index < -0.39 is 0 Å². The van der Waals surface area contributed by atoms with Crippen molar-refractivity contribution < 1.29 is 18.7 Å². The van der Waals surface area contributed by atoms with E-state index in [1.54, 1.807) is 28.0 Å². The summed E-state index contributed by atoms with van der Waals surface area (Å²) in [5.74, 6) is 0.399. The van der Waals surface area contributed by atoms with E-state index in [9.17, 15) is 14.0 Å². The van der Waals surface area contributed by atoms with Crippen LogP contribution in [0.5, 0.6) is 5.75 Å². The van der Waals surface area contributed by atoms with Crippen molar-refractivity contribution in [3.63, 3.8) is 0 Å². The summed E-state index contributed by atoms with van der Waals surface area (Å²) in [7, 11) is 0. The first-order valence-electron chi connectivity index (χ1n) is 9.88. The number of carbonyl (C=O) groups is 2. The largest absolute Gasteiger partial charge is 0.488 e. The lowest BCUT2D eigenvalue weighted by Gasteiger charge is -2.35. The number of carbonyl (C=O) groups excluding carboxylic acids is 2. The molecular formula is C22H24FN3O3. The number of rotatable bonds is 4. The summed E-state index contributed by atoms with van der Waals surface area (Å²) in [6, 6.07) is 14.1. The fraction of sp³-hybridized carbons (Fsp3) is 0.364. The van der Waals surface area contributed by atoms with Crippen LogP contribution < -0.4 is 10.1 Å². The molecule has 1 unspecified atom stereocenters. The maximum Gasteiger partial charge on any atom is 0.317 e. The van der Waals surface area contributed by atoms with Gasteiger partial charge in [0.05, 0.1) is 13.0 Å². The minimum absolute atomic E-state index is 0.0401. The van der Waals surface area contributed by atoms with E-state index >= 15 is 0 Å². The zero-order chi connectivity index (χ0) is 20.2. The molecule has 0 spiro atoms. The first-order chi connectivity index (χ1) is 14.1. The molecule has 2 aliphatic rings. The Bertz CT molecular complexity index is 871. The van der Waals surface area contributed by atoms with Crippen molar-refractivity contribution in [3.8, 4) is 5.75 Å². The number of urea groups is 1. The van der Waals surface area contributed by atoms with Crippen molar-refractivity contribution in [1.29, 1.82) is 0 Å². The van der Waals surface area contributed by atoms with E-state index in [4.69, 9.17) is 4.74 Å². The number of nitrogens with one attached hydrogen (secondary N) is 1. The second-order valence-corrected chi connectivity index (χ2v) is 7.37. The zero-order valence-corrected chi connectivity index (χ0v) is 16.1. The molecule has 1 saturated heterocycles. The Labute approximate surface area is 169 Å². The van der Waals surface area contributed by atoms with Crippen LogP contribution in [0.3, 0.4) is 0 Å². The van der Waals surface area contributed by atoms with Gasteiger partial charge in [0.1, 0.15) is 17.7 Å². The highest BCUT2D eigenvalue weighted by atomic mass is 19.1. The van der Waals surface area contributed by atoms with Crippen molar-refractivity contribution in [1.82, 2.24) is 15.1 Å².